The summed E-state index contributed by atoms with van der Waals surface area (Å²) in [5, 5.41) is 2.71. The molecule has 0 spiro atoms. The lowest BCUT2D eigenvalue weighted by Crippen LogP contribution is -2.13. The molecular formula is C18H20N2O5S. The predicted molar refractivity (Wildman–Crippen MR) is 98.2 cm³/mol. The molecule has 0 bridgehead atoms. The fourth-order valence-corrected chi connectivity index (χ4v) is 3.47. The molecule has 0 saturated carbocycles. The molecule has 0 fully saturated rings. The van der Waals surface area contributed by atoms with Gasteiger partial charge in [-0.3, -0.25) is 9.52 Å². The van der Waals surface area contributed by atoms with E-state index >= 15 is 0 Å². The van der Waals surface area contributed by atoms with Crippen LogP contribution in [0.25, 0.3) is 0 Å². The minimum atomic E-state index is -3.77. The van der Waals surface area contributed by atoms with Crippen molar-refractivity contribution in [1.29, 1.82) is 0 Å². The number of sulfonamides is 1. The number of anilines is 2. The van der Waals surface area contributed by atoms with Crippen molar-refractivity contribution >= 4 is 27.3 Å². The molecule has 0 aromatic heterocycles. The van der Waals surface area contributed by atoms with Crippen molar-refractivity contribution in [2.75, 3.05) is 23.3 Å². The van der Waals surface area contributed by atoms with Gasteiger partial charge >= 0.3 is 0 Å². The molecule has 0 saturated heterocycles. The monoisotopic (exact) mass is 376 g/mol. The van der Waals surface area contributed by atoms with Crippen molar-refractivity contribution in [1.82, 2.24) is 0 Å². The molecule has 138 valence electrons. The first-order chi connectivity index (χ1) is 12.5. The summed E-state index contributed by atoms with van der Waals surface area (Å²) in [6.45, 7) is 2.78. The van der Waals surface area contributed by atoms with Crippen LogP contribution < -0.4 is 19.5 Å². The van der Waals surface area contributed by atoms with Gasteiger partial charge in [-0.25, -0.2) is 8.42 Å². The Kier molecular flexibility index (Phi) is 5.32. The third kappa shape index (κ3) is 4.26. The van der Waals surface area contributed by atoms with Gasteiger partial charge in [0.05, 0.1) is 18.1 Å². The number of amides is 1. The summed E-state index contributed by atoms with van der Waals surface area (Å²) in [4.78, 5) is 11.5. The van der Waals surface area contributed by atoms with Crippen molar-refractivity contribution in [3.05, 3.63) is 42.5 Å². The van der Waals surface area contributed by atoms with E-state index in [0.29, 0.717) is 42.5 Å². The normalized spacial score (nSPS) is 13.6. The first kappa shape index (κ1) is 18.1. The lowest BCUT2D eigenvalue weighted by atomic mass is 10.3. The minimum Gasteiger partial charge on any atom is -0.490 e. The predicted octanol–water partition coefficient (Wildman–Crippen LogP) is 3.00. The number of fused-ring (bicyclic) bond motifs is 1. The Labute approximate surface area is 152 Å². The van der Waals surface area contributed by atoms with Crippen LogP contribution in [0, 0.1) is 0 Å². The summed E-state index contributed by atoms with van der Waals surface area (Å²) >= 11 is 0. The van der Waals surface area contributed by atoms with E-state index in [-0.39, 0.29) is 10.8 Å². The Bertz CT molecular complexity index is 894. The summed E-state index contributed by atoms with van der Waals surface area (Å²) in [7, 11) is -3.77. The summed E-state index contributed by atoms with van der Waals surface area (Å²) in [5.41, 5.74) is 1.00. The number of hydrogen-bond donors (Lipinski definition) is 2. The van der Waals surface area contributed by atoms with Gasteiger partial charge in [0.25, 0.3) is 10.0 Å². The second kappa shape index (κ2) is 7.65. The SMILES string of the molecule is CCC(=O)Nc1ccc(NS(=O)(=O)c2ccc3c(c2)OCCCO3)cc1. The van der Waals surface area contributed by atoms with Crippen LogP contribution in [0.1, 0.15) is 19.8 Å². The molecule has 0 atom stereocenters. The highest BCUT2D eigenvalue weighted by Gasteiger charge is 2.19. The highest BCUT2D eigenvalue weighted by molar-refractivity contribution is 7.92. The molecule has 3 rings (SSSR count). The van der Waals surface area contributed by atoms with Crippen LogP contribution in [0.4, 0.5) is 11.4 Å². The van der Waals surface area contributed by atoms with Crippen molar-refractivity contribution < 1.29 is 22.7 Å². The molecule has 7 nitrogen and oxygen atoms in total. The molecule has 0 aliphatic carbocycles. The fourth-order valence-electron chi connectivity index (χ4n) is 2.40. The summed E-state index contributed by atoms with van der Waals surface area (Å²) in [5.74, 6) is 0.853. The van der Waals surface area contributed by atoms with Gasteiger partial charge in [-0.05, 0) is 36.4 Å². The third-order valence-electron chi connectivity index (χ3n) is 3.77. The van der Waals surface area contributed by atoms with Gasteiger partial charge in [0.2, 0.25) is 5.91 Å². The Morgan fingerprint density at radius 1 is 1.00 bits per heavy atom. The second-order valence-corrected chi connectivity index (χ2v) is 7.43. The highest BCUT2D eigenvalue weighted by atomic mass is 32.2. The molecule has 1 aliphatic rings. The molecular weight excluding hydrogens is 356 g/mol. The summed E-state index contributed by atoms with van der Waals surface area (Å²) < 4.78 is 38.8. The van der Waals surface area contributed by atoms with Gasteiger partial charge in [-0.1, -0.05) is 6.92 Å². The number of rotatable bonds is 5. The van der Waals surface area contributed by atoms with Crippen molar-refractivity contribution in [3.8, 4) is 11.5 Å². The van der Waals surface area contributed by atoms with Gasteiger partial charge in [0, 0.05) is 30.3 Å². The van der Waals surface area contributed by atoms with Gasteiger partial charge in [-0.15, -0.1) is 0 Å². The first-order valence-corrected chi connectivity index (χ1v) is 9.78. The number of hydrogen-bond acceptors (Lipinski definition) is 5. The van der Waals surface area contributed by atoms with Crippen molar-refractivity contribution in [2.45, 2.75) is 24.7 Å². The molecule has 1 heterocycles. The Balaban J connectivity index is 1.76. The zero-order valence-electron chi connectivity index (χ0n) is 14.3. The van der Waals surface area contributed by atoms with Crippen LogP contribution in [-0.4, -0.2) is 27.5 Å². The number of carbonyl (C=O) groups excluding carboxylic acids is 1. The molecule has 2 aromatic carbocycles. The van der Waals surface area contributed by atoms with E-state index in [9.17, 15) is 13.2 Å². The molecule has 26 heavy (non-hydrogen) atoms. The maximum Gasteiger partial charge on any atom is 0.262 e. The zero-order valence-corrected chi connectivity index (χ0v) is 15.1. The average molecular weight is 376 g/mol. The molecule has 0 unspecified atom stereocenters. The molecule has 1 amide bonds. The number of benzene rings is 2. The van der Waals surface area contributed by atoms with Gasteiger partial charge in [0.1, 0.15) is 0 Å². The average Bonchev–Trinajstić information content (AvgIpc) is 2.87. The molecule has 2 N–H and O–H groups in total. The van der Waals surface area contributed by atoms with Crippen LogP contribution in [0.3, 0.4) is 0 Å². The van der Waals surface area contributed by atoms with E-state index in [4.69, 9.17) is 9.47 Å². The molecule has 1 aliphatic heterocycles. The lowest BCUT2D eigenvalue weighted by Gasteiger charge is -2.12. The van der Waals surface area contributed by atoms with Crippen LogP contribution in [0.5, 0.6) is 11.5 Å². The maximum absolute atomic E-state index is 12.6. The topological polar surface area (TPSA) is 93.7 Å². The minimum absolute atomic E-state index is 0.0881. The van der Waals surface area contributed by atoms with Crippen LogP contribution >= 0.6 is 0 Å². The first-order valence-electron chi connectivity index (χ1n) is 8.30. The Morgan fingerprint density at radius 2 is 1.65 bits per heavy atom. The van der Waals surface area contributed by atoms with E-state index in [1.165, 1.54) is 12.1 Å². The Morgan fingerprint density at radius 3 is 2.35 bits per heavy atom. The van der Waals surface area contributed by atoms with Crippen LogP contribution in [-0.2, 0) is 14.8 Å². The van der Waals surface area contributed by atoms with Crippen molar-refractivity contribution in [2.24, 2.45) is 0 Å². The standard InChI is InChI=1S/C18H20N2O5S/c1-2-18(21)19-13-4-6-14(7-5-13)20-26(22,23)15-8-9-16-17(12-15)25-11-3-10-24-16/h4-9,12,20H,2-3,10-11H2,1H3,(H,19,21). The van der Waals surface area contributed by atoms with E-state index < -0.39 is 10.0 Å². The van der Waals surface area contributed by atoms with E-state index in [1.807, 2.05) is 0 Å². The van der Waals surface area contributed by atoms with E-state index in [1.54, 1.807) is 37.3 Å². The smallest absolute Gasteiger partial charge is 0.262 e. The third-order valence-corrected chi connectivity index (χ3v) is 5.15. The molecule has 2 aromatic rings. The van der Waals surface area contributed by atoms with Gasteiger partial charge in [0.15, 0.2) is 11.5 Å². The van der Waals surface area contributed by atoms with E-state index in [2.05, 4.69) is 10.0 Å². The van der Waals surface area contributed by atoms with Gasteiger partial charge in [-0.2, -0.15) is 0 Å². The van der Waals surface area contributed by atoms with Gasteiger partial charge < -0.3 is 14.8 Å². The number of carbonyl (C=O) groups is 1. The largest absolute Gasteiger partial charge is 0.490 e. The number of ether oxygens (including phenoxy) is 2. The fraction of sp³-hybridized carbons (Fsp3) is 0.278. The summed E-state index contributed by atoms with van der Waals surface area (Å²) in [6, 6.07) is 11.0. The number of nitrogens with one attached hydrogen (secondary N) is 2. The van der Waals surface area contributed by atoms with Crippen LogP contribution in [0.2, 0.25) is 0 Å². The van der Waals surface area contributed by atoms with Crippen molar-refractivity contribution in [3.63, 3.8) is 0 Å². The van der Waals surface area contributed by atoms with E-state index in [0.717, 1.165) is 6.42 Å². The molecule has 8 heteroatoms. The zero-order chi connectivity index (χ0) is 18.6. The lowest BCUT2D eigenvalue weighted by molar-refractivity contribution is -0.115. The highest BCUT2D eigenvalue weighted by Crippen LogP contribution is 2.32. The van der Waals surface area contributed by atoms with Crippen LogP contribution in [0.15, 0.2) is 47.4 Å². The summed E-state index contributed by atoms with van der Waals surface area (Å²) in [6.07, 6.45) is 1.12. The quantitative estimate of drug-likeness (QED) is 0.837. The second-order valence-electron chi connectivity index (χ2n) is 5.74. The molecule has 0 radical (unpaired) electrons. The Hall–Kier alpha value is -2.74. The maximum atomic E-state index is 12.6.